The molecule has 180 valence electrons. The molecule has 1 N–H and O–H groups in total. The van der Waals surface area contributed by atoms with Gasteiger partial charge >= 0.3 is 5.97 Å². The van der Waals surface area contributed by atoms with Gasteiger partial charge in [-0.25, -0.2) is 0 Å². The van der Waals surface area contributed by atoms with Crippen LogP contribution >= 0.6 is 23.4 Å². The Labute approximate surface area is 207 Å². The number of carbonyl (C=O) groups excluding carboxylic acids is 3. The summed E-state index contributed by atoms with van der Waals surface area (Å²) >= 11 is 8.01. The highest BCUT2D eigenvalue weighted by Crippen LogP contribution is 2.65. The van der Waals surface area contributed by atoms with Gasteiger partial charge in [-0.3, -0.25) is 14.4 Å². The second kappa shape index (κ2) is 8.43. The van der Waals surface area contributed by atoms with Crippen LogP contribution in [0, 0.1) is 18.8 Å². The van der Waals surface area contributed by atoms with Crippen LogP contribution in [0.4, 0.5) is 5.69 Å². The molecule has 9 heteroatoms. The Balaban J connectivity index is 1.67. The van der Waals surface area contributed by atoms with Crippen molar-refractivity contribution < 1.29 is 24.2 Å². The van der Waals surface area contributed by atoms with Crippen LogP contribution in [0.1, 0.15) is 18.9 Å². The Kier molecular flexibility index (Phi) is 5.81. The summed E-state index contributed by atoms with van der Waals surface area (Å²) in [6, 6.07) is 4.57. The summed E-state index contributed by atoms with van der Waals surface area (Å²) in [6.07, 6.45) is 8.42. The number of nitrogens with zero attached hydrogens (tertiary/aromatic N) is 2. The molecule has 0 aliphatic carbocycles. The Morgan fingerprint density at radius 1 is 1.18 bits per heavy atom. The molecule has 1 aromatic carbocycles. The lowest BCUT2D eigenvalue weighted by Gasteiger charge is -2.37. The second-order valence-electron chi connectivity index (χ2n) is 9.37. The number of carbonyl (C=O) groups is 3. The molecule has 4 aliphatic rings. The Hall–Kier alpha value is -2.29. The van der Waals surface area contributed by atoms with E-state index in [-0.39, 0.29) is 38.1 Å². The number of aliphatic hydroxyl groups is 1. The van der Waals surface area contributed by atoms with Gasteiger partial charge in [0, 0.05) is 17.8 Å². The fourth-order valence-electron chi connectivity index (χ4n) is 6.00. The average molecular weight is 503 g/mol. The molecule has 5 atom stereocenters. The van der Waals surface area contributed by atoms with Crippen LogP contribution in [0.3, 0.4) is 0 Å². The molecule has 2 amide bonds. The third-order valence-corrected chi connectivity index (χ3v) is 9.42. The smallest absolute Gasteiger partial charge is 0.311 e. The number of fused-ring (bicyclic) bond motifs is 2. The van der Waals surface area contributed by atoms with Gasteiger partial charge in [0.2, 0.25) is 5.91 Å². The highest BCUT2D eigenvalue weighted by molar-refractivity contribution is 8.02. The van der Waals surface area contributed by atoms with Crippen LogP contribution in [-0.4, -0.2) is 69.6 Å². The fraction of sp³-hybridized carbons (Fsp3) is 0.480. The molecule has 5 rings (SSSR count). The van der Waals surface area contributed by atoms with E-state index < -0.39 is 33.3 Å². The van der Waals surface area contributed by atoms with Gasteiger partial charge in [-0.1, -0.05) is 48.0 Å². The van der Waals surface area contributed by atoms with Crippen molar-refractivity contribution in [3.05, 3.63) is 53.1 Å². The van der Waals surface area contributed by atoms with Crippen LogP contribution in [0.2, 0.25) is 5.02 Å². The number of hydrogen-bond donors (Lipinski definition) is 1. The highest BCUT2D eigenvalue weighted by Gasteiger charge is 2.73. The zero-order chi connectivity index (χ0) is 24.3. The number of thioether (sulfide) groups is 1. The van der Waals surface area contributed by atoms with Gasteiger partial charge in [0.25, 0.3) is 5.91 Å². The molecule has 4 heterocycles. The number of halogens is 1. The molecular formula is C25H27ClN2O5S. The lowest BCUT2D eigenvalue weighted by molar-refractivity contribution is -0.154. The van der Waals surface area contributed by atoms with E-state index in [9.17, 15) is 19.5 Å². The van der Waals surface area contributed by atoms with E-state index in [4.69, 9.17) is 16.3 Å². The standard InChI is InChI=1S/C25H27ClN2O5S/c1-15-7-5-8-16(26)19(15)27-11-6-10-25-17(21(30)28(12-13-29)20(25)22(27)31)18-23(32)33-14-4-3-9-24(18,2)34-25/h3,5-10,17-18,20,29H,4,11-14H2,1-2H3/t17-,18-,20?,24+,25-/m0/s1. The van der Waals surface area contributed by atoms with Crippen LogP contribution in [0.15, 0.2) is 42.5 Å². The molecule has 0 saturated carbocycles. The fourth-order valence-corrected chi connectivity index (χ4v) is 8.48. The largest absolute Gasteiger partial charge is 0.465 e. The average Bonchev–Trinajstić information content (AvgIpc) is 3.09. The van der Waals surface area contributed by atoms with E-state index in [1.807, 2.05) is 50.3 Å². The van der Waals surface area contributed by atoms with Crippen LogP contribution in [0.25, 0.3) is 0 Å². The molecule has 1 aromatic rings. The maximum absolute atomic E-state index is 14.2. The lowest BCUT2D eigenvalue weighted by atomic mass is 9.74. The number of ether oxygens (including phenoxy) is 1. The molecule has 2 fully saturated rings. The highest BCUT2D eigenvalue weighted by atomic mass is 35.5. The van der Waals surface area contributed by atoms with Gasteiger partial charge in [0.05, 0.1) is 40.5 Å². The topological polar surface area (TPSA) is 87.2 Å². The predicted molar refractivity (Wildman–Crippen MR) is 131 cm³/mol. The molecule has 0 bridgehead atoms. The van der Waals surface area contributed by atoms with Crippen molar-refractivity contribution in [2.75, 3.05) is 31.2 Å². The summed E-state index contributed by atoms with van der Waals surface area (Å²) in [5.74, 6) is -2.50. The van der Waals surface area contributed by atoms with Crippen molar-refractivity contribution in [1.82, 2.24) is 4.90 Å². The Morgan fingerprint density at radius 3 is 2.71 bits per heavy atom. The van der Waals surface area contributed by atoms with E-state index in [2.05, 4.69) is 0 Å². The van der Waals surface area contributed by atoms with Gasteiger partial charge in [-0.15, -0.1) is 11.8 Å². The summed E-state index contributed by atoms with van der Waals surface area (Å²) in [7, 11) is 0. The Bertz CT molecular complexity index is 1100. The molecule has 7 nitrogen and oxygen atoms in total. The first-order valence-electron chi connectivity index (χ1n) is 11.5. The summed E-state index contributed by atoms with van der Waals surface area (Å²) in [4.78, 5) is 44.3. The van der Waals surface area contributed by atoms with E-state index in [0.717, 1.165) is 5.56 Å². The van der Waals surface area contributed by atoms with Crippen LogP contribution in [0.5, 0.6) is 0 Å². The van der Waals surface area contributed by atoms with Gasteiger partial charge in [0.15, 0.2) is 0 Å². The number of β-amino-alcohol motifs (C(OH)–C–C–N with tert-alkyl or cyclic N) is 1. The van der Waals surface area contributed by atoms with Gasteiger partial charge < -0.3 is 19.6 Å². The van der Waals surface area contributed by atoms with E-state index in [0.29, 0.717) is 17.1 Å². The number of esters is 1. The number of cyclic esters (lactones) is 1. The number of para-hydroxylation sites is 1. The second-order valence-corrected chi connectivity index (χ2v) is 11.6. The van der Waals surface area contributed by atoms with Crippen molar-refractivity contribution >= 4 is 46.8 Å². The third-order valence-electron chi connectivity index (χ3n) is 7.32. The molecule has 4 aliphatic heterocycles. The van der Waals surface area contributed by atoms with E-state index >= 15 is 0 Å². The van der Waals surface area contributed by atoms with Gasteiger partial charge in [-0.05, 0) is 31.9 Å². The van der Waals surface area contributed by atoms with Crippen LogP contribution in [-0.2, 0) is 19.1 Å². The number of likely N-dealkylation sites (tertiary alicyclic amines) is 1. The van der Waals surface area contributed by atoms with Crippen molar-refractivity contribution in [2.24, 2.45) is 11.8 Å². The minimum atomic E-state index is -0.972. The van der Waals surface area contributed by atoms with E-state index in [1.165, 1.54) is 16.7 Å². The molecule has 1 unspecified atom stereocenters. The number of aryl methyl sites for hydroxylation is 1. The predicted octanol–water partition coefficient (Wildman–Crippen LogP) is 2.73. The molecule has 34 heavy (non-hydrogen) atoms. The summed E-state index contributed by atoms with van der Waals surface area (Å²) in [5.41, 5.74) is 1.45. The summed E-state index contributed by atoms with van der Waals surface area (Å²) in [5, 5.41) is 10.2. The van der Waals surface area contributed by atoms with Crippen molar-refractivity contribution in [1.29, 1.82) is 0 Å². The zero-order valence-corrected chi connectivity index (χ0v) is 20.6. The Morgan fingerprint density at radius 2 is 1.97 bits per heavy atom. The normalized spacial score (nSPS) is 34.8. The van der Waals surface area contributed by atoms with Crippen molar-refractivity contribution in [2.45, 2.75) is 35.8 Å². The number of anilines is 1. The SMILES string of the molecule is Cc1cccc(Cl)c1N1CC=C[C@]23S[C@]4(C)C=CCCOC(=O)[C@@H]4[C@H]2C(=O)N(CCO)C3C1=O. The minimum Gasteiger partial charge on any atom is -0.465 e. The summed E-state index contributed by atoms with van der Waals surface area (Å²) < 4.78 is 3.83. The molecule has 0 radical (unpaired) electrons. The number of hydrogen-bond acceptors (Lipinski definition) is 6. The summed E-state index contributed by atoms with van der Waals surface area (Å²) in [6.45, 7) is 4.10. The van der Waals surface area contributed by atoms with Gasteiger partial charge in [-0.2, -0.15) is 0 Å². The van der Waals surface area contributed by atoms with Crippen LogP contribution < -0.4 is 4.90 Å². The first-order valence-corrected chi connectivity index (χ1v) is 12.6. The molecule has 1 spiro atoms. The maximum Gasteiger partial charge on any atom is 0.311 e. The monoisotopic (exact) mass is 502 g/mol. The van der Waals surface area contributed by atoms with Crippen molar-refractivity contribution in [3.63, 3.8) is 0 Å². The zero-order valence-electron chi connectivity index (χ0n) is 19.1. The third kappa shape index (κ3) is 3.26. The van der Waals surface area contributed by atoms with Gasteiger partial charge in [0.1, 0.15) is 6.04 Å². The number of rotatable bonds is 3. The van der Waals surface area contributed by atoms with Crippen molar-refractivity contribution in [3.8, 4) is 0 Å². The lowest BCUT2D eigenvalue weighted by Crippen LogP contribution is -2.54. The number of benzene rings is 1. The quantitative estimate of drug-likeness (QED) is 0.505. The number of amides is 2. The molecule has 0 aromatic heterocycles. The number of aliphatic hydroxyl groups excluding tert-OH is 1. The first kappa shape index (κ1) is 23.5. The minimum absolute atomic E-state index is 0.00551. The molecular weight excluding hydrogens is 476 g/mol. The molecule has 2 saturated heterocycles. The maximum atomic E-state index is 14.2. The van der Waals surface area contributed by atoms with E-state index in [1.54, 1.807) is 11.0 Å². The first-order chi connectivity index (χ1) is 16.2.